The molecule has 3 heterocycles. The van der Waals surface area contributed by atoms with Crippen LogP contribution in [0.25, 0.3) is 0 Å². The maximum absolute atomic E-state index is 13.5. The van der Waals surface area contributed by atoms with E-state index in [2.05, 4.69) is 9.89 Å². The Morgan fingerprint density at radius 1 is 1.35 bits per heavy atom. The van der Waals surface area contributed by atoms with Crippen LogP contribution >= 0.6 is 22.9 Å². The third kappa shape index (κ3) is 5.26. The molecule has 174 valence electrons. The van der Waals surface area contributed by atoms with Gasteiger partial charge in [-0.15, -0.1) is 22.9 Å². The Balaban J connectivity index is 1.73. The predicted octanol–water partition coefficient (Wildman–Crippen LogP) is 2.64. The molecule has 0 bridgehead atoms. The number of piperidine rings is 1. The zero-order valence-corrected chi connectivity index (χ0v) is 18.6. The van der Waals surface area contributed by atoms with Gasteiger partial charge < -0.3 is 20.7 Å². The van der Waals surface area contributed by atoms with Gasteiger partial charge in [-0.1, -0.05) is 0 Å². The van der Waals surface area contributed by atoms with E-state index in [9.17, 15) is 23.4 Å². The minimum absolute atomic E-state index is 0.0000958. The molecular weight excluding hydrogens is 455 g/mol. The maximum atomic E-state index is 13.5. The number of fused-ring (bicyclic) bond motifs is 2. The lowest BCUT2D eigenvalue weighted by atomic mass is 9.84. The van der Waals surface area contributed by atoms with Crippen LogP contribution in [0.15, 0.2) is 16.8 Å². The van der Waals surface area contributed by atoms with Gasteiger partial charge in [0, 0.05) is 42.2 Å². The molecule has 0 radical (unpaired) electrons. The van der Waals surface area contributed by atoms with Crippen LogP contribution in [0.5, 0.6) is 0 Å². The number of halogens is 4. The van der Waals surface area contributed by atoms with Crippen molar-refractivity contribution in [2.24, 2.45) is 10.7 Å². The molecule has 1 unspecified atom stereocenters. The Kier molecular flexibility index (Phi) is 8.04. The molecule has 3 rings (SSSR count). The van der Waals surface area contributed by atoms with Crippen molar-refractivity contribution in [2.75, 3.05) is 38.7 Å². The van der Waals surface area contributed by atoms with E-state index in [-0.39, 0.29) is 18.1 Å². The summed E-state index contributed by atoms with van der Waals surface area (Å²) in [6.45, 7) is 1.35. The lowest BCUT2D eigenvalue weighted by Gasteiger charge is -2.44. The van der Waals surface area contributed by atoms with Gasteiger partial charge >= 0.3 is 6.18 Å². The first kappa shape index (κ1) is 24.5. The highest BCUT2D eigenvalue weighted by molar-refractivity contribution is 7.12. The van der Waals surface area contributed by atoms with E-state index in [4.69, 9.17) is 22.1 Å². The summed E-state index contributed by atoms with van der Waals surface area (Å²) in [5, 5.41) is 18.8. The maximum Gasteiger partial charge on any atom is 0.425 e. The van der Waals surface area contributed by atoms with Crippen molar-refractivity contribution in [3.05, 3.63) is 32.7 Å². The largest absolute Gasteiger partial charge is 0.425 e. The molecule has 0 aromatic carbocycles. The zero-order valence-electron chi connectivity index (χ0n) is 17.0. The number of aliphatic hydroxyl groups excluding tert-OH is 2. The van der Waals surface area contributed by atoms with E-state index < -0.39 is 29.3 Å². The van der Waals surface area contributed by atoms with Crippen LogP contribution in [0.1, 0.15) is 33.7 Å². The van der Waals surface area contributed by atoms with Gasteiger partial charge in [0.2, 0.25) is 0 Å². The van der Waals surface area contributed by atoms with E-state index in [1.54, 1.807) is 6.21 Å². The smallest absolute Gasteiger partial charge is 0.404 e. The van der Waals surface area contributed by atoms with Crippen LogP contribution in [0.3, 0.4) is 0 Å². The molecule has 11 heteroatoms. The molecule has 4 N–H and O–H groups in total. The van der Waals surface area contributed by atoms with Crippen LogP contribution in [0, 0.1) is 0 Å². The van der Waals surface area contributed by atoms with Crippen molar-refractivity contribution in [3.8, 4) is 0 Å². The van der Waals surface area contributed by atoms with E-state index in [1.165, 1.54) is 6.20 Å². The number of aliphatic hydroxyl groups is 2. The first-order valence-corrected chi connectivity index (χ1v) is 11.4. The number of hydrogen-bond acceptors (Lipinski definition) is 7. The minimum atomic E-state index is -4.49. The number of thiophene rings is 1. The molecule has 0 amide bonds. The third-order valence-corrected chi connectivity index (χ3v) is 7.66. The van der Waals surface area contributed by atoms with Crippen molar-refractivity contribution in [3.63, 3.8) is 0 Å². The zero-order chi connectivity index (χ0) is 22.6. The summed E-state index contributed by atoms with van der Waals surface area (Å²) in [5.41, 5.74) is 6.33. The highest BCUT2D eigenvalue weighted by Gasteiger charge is 2.47. The second-order valence-electron chi connectivity index (χ2n) is 7.75. The number of alkyl halides is 4. The van der Waals surface area contributed by atoms with E-state index in [1.807, 2.05) is 0 Å². The second kappa shape index (κ2) is 10.2. The first-order chi connectivity index (χ1) is 14.8. The molecule has 1 spiro atoms. The van der Waals surface area contributed by atoms with Gasteiger partial charge in [-0.25, -0.2) is 0 Å². The summed E-state index contributed by atoms with van der Waals surface area (Å²) in [4.78, 5) is 6.26. The molecule has 1 saturated heterocycles. The fraction of sp³-hybridized carbons (Fsp3) is 0.650. The Hall–Kier alpha value is -1.17. The highest BCUT2D eigenvalue weighted by Crippen LogP contribution is 2.50. The van der Waals surface area contributed by atoms with E-state index in [0.29, 0.717) is 55.9 Å². The van der Waals surface area contributed by atoms with E-state index >= 15 is 0 Å². The number of likely N-dealkylation sites (tertiary alicyclic amines) is 1. The average molecular weight is 482 g/mol. The SMILES string of the molecule is N/C=C(\C=NC(CO)CCl)CN1CCC2(CC1)OCCc1c2sc(C(F)(F)F)c1CO. The second-order valence-corrected chi connectivity index (χ2v) is 9.08. The predicted molar refractivity (Wildman–Crippen MR) is 115 cm³/mol. The summed E-state index contributed by atoms with van der Waals surface area (Å²) >= 11 is 6.45. The van der Waals surface area contributed by atoms with Gasteiger partial charge in [0.15, 0.2) is 0 Å². The molecule has 2 aliphatic rings. The Morgan fingerprint density at radius 3 is 2.61 bits per heavy atom. The topological polar surface area (TPSA) is 91.3 Å². The molecule has 1 atom stereocenters. The summed E-state index contributed by atoms with van der Waals surface area (Å²) in [6, 6.07) is -0.391. The van der Waals surface area contributed by atoms with Crippen LogP contribution in [-0.4, -0.2) is 66.1 Å². The summed E-state index contributed by atoms with van der Waals surface area (Å²) in [5.74, 6) is 0.202. The van der Waals surface area contributed by atoms with Crippen LogP contribution in [0.2, 0.25) is 0 Å². The van der Waals surface area contributed by atoms with Gasteiger partial charge in [0.05, 0.1) is 25.9 Å². The van der Waals surface area contributed by atoms with Gasteiger partial charge in [0.1, 0.15) is 10.5 Å². The van der Waals surface area contributed by atoms with Gasteiger partial charge in [-0.05, 0) is 36.6 Å². The molecule has 0 saturated carbocycles. The van der Waals surface area contributed by atoms with Crippen molar-refractivity contribution >= 4 is 29.2 Å². The summed E-state index contributed by atoms with van der Waals surface area (Å²) < 4.78 is 46.6. The van der Waals surface area contributed by atoms with Crippen molar-refractivity contribution in [1.82, 2.24) is 4.90 Å². The number of hydrogen-bond donors (Lipinski definition) is 3. The summed E-state index contributed by atoms with van der Waals surface area (Å²) in [7, 11) is 0. The molecule has 6 nitrogen and oxygen atoms in total. The molecular formula is C20H27ClF3N3O3S. The Labute approximate surface area is 188 Å². The monoisotopic (exact) mass is 481 g/mol. The van der Waals surface area contributed by atoms with Gasteiger partial charge in [0.25, 0.3) is 0 Å². The fourth-order valence-electron chi connectivity index (χ4n) is 4.12. The lowest BCUT2D eigenvalue weighted by Crippen LogP contribution is -2.46. The molecule has 1 aromatic heterocycles. The Bertz CT molecular complexity index is 817. The number of aliphatic imine (C=N–C) groups is 1. The molecule has 1 fully saturated rings. The number of ether oxygens (including phenoxy) is 1. The highest BCUT2D eigenvalue weighted by atomic mass is 35.5. The molecule has 31 heavy (non-hydrogen) atoms. The number of nitrogens with two attached hydrogens (primary N) is 1. The van der Waals surface area contributed by atoms with E-state index in [0.717, 1.165) is 16.9 Å². The third-order valence-electron chi connectivity index (χ3n) is 5.80. The molecule has 2 aliphatic heterocycles. The minimum Gasteiger partial charge on any atom is -0.404 e. The lowest BCUT2D eigenvalue weighted by molar-refractivity contribution is -0.135. The average Bonchev–Trinajstić information content (AvgIpc) is 3.16. The van der Waals surface area contributed by atoms with Crippen LogP contribution in [0.4, 0.5) is 13.2 Å². The van der Waals surface area contributed by atoms with Crippen molar-refractivity contribution < 1.29 is 28.1 Å². The van der Waals surface area contributed by atoms with Crippen LogP contribution in [-0.2, 0) is 29.5 Å². The first-order valence-electron chi connectivity index (χ1n) is 10.1. The van der Waals surface area contributed by atoms with Crippen molar-refractivity contribution in [2.45, 2.75) is 43.7 Å². The number of rotatable bonds is 7. The van der Waals surface area contributed by atoms with Crippen molar-refractivity contribution in [1.29, 1.82) is 0 Å². The van der Waals surface area contributed by atoms with Gasteiger partial charge in [-0.2, -0.15) is 13.2 Å². The fourth-order valence-corrected chi connectivity index (χ4v) is 5.72. The molecule has 1 aromatic rings. The molecule has 0 aliphatic carbocycles. The number of nitrogens with zero attached hydrogens (tertiary/aromatic N) is 2. The Morgan fingerprint density at radius 2 is 2.06 bits per heavy atom. The normalized spacial score (nSPS) is 21.0. The van der Waals surface area contributed by atoms with Gasteiger partial charge in [-0.3, -0.25) is 9.89 Å². The summed E-state index contributed by atoms with van der Waals surface area (Å²) in [6.07, 6.45) is 0.0562. The quantitative estimate of drug-likeness (QED) is 0.411. The standard InChI is InChI=1S/C20H27ClF3N3O3S/c21-7-14(11-28)26-9-13(8-25)10-27-4-2-19(3-5-27)17-15(1-6-30-19)16(12-29)18(31-17)20(22,23)24/h8-9,14,28-29H,1-7,10-12,25H2/b13-8+,26-9?. The van der Waals surface area contributed by atoms with Crippen LogP contribution < -0.4 is 5.73 Å².